The number of urea groups is 1. The normalized spacial score (nSPS) is 21.2. The number of hydrogen-bond acceptors (Lipinski definition) is 7. The Morgan fingerprint density at radius 2 is 1.67 bits per heavy atom. The number of nitrogens with two attached hydrogens (primary N) is 1. The van der Waals surface area contributed by atoms with Crippen molar-refractivity contribution in [2.45, 2.75) is 50.6 Å². The quantitative estimate of drug-likeness (QED) is 0.149. The molecule has 10 heteroatoms. The summed E-state index contributed by atoms with van der Waals surface area (Å²) in [6, 6.07) is 23.1. The van der Waals surface area contributed by atoms with Crippen LogP contribution in [0.3, 0.4) is 0 Å². The van der Waals surface area contributed by atoms with Gasteiger partial charge in [0.15, 0.2) is 5.82 Å². The third-order valence-electron chi connectivity index (χ3n) is 7.79. The van der Waals surface area contributed by atoms with Gasteiger partial charge in [-0.3, -0.25) is 5.10 Å². The monoisotopic (exact) mass is 573 g/mol. The fourth-order valence-corrected chi connectivity index (χ4v) is 5.66. The number of benzene rings is 3. The maximum atomic E-state index is 14.6. The Morgan fingerprint density at radius 3 is 2.40 bits per heavy atom. The highest BCUT2D eigenvalue weighted by Crippen LogP contribution is 2.35. The number of nitrogens with one attached hydrogen (secondary N) is 1. The summed E-state index contributed by atoms with van der Waals surface area (Å²) in [6.07, 6.45) is -1.55. The minimum atomic E-state index is -1.23. The van der Waals surface area contributed by atoms with E-state index in [-0.39, 0.29) is 19.4 Å². The highest BCUT2D eigenvalue weighted by Gasteiger charge is 2.46. The van der Waals surface area contributed by atoms with Gasteiger partial charge in [-0.05, 0) is 48.6 Å². The SMILES string of the molecule is CCOCOCCCN1C(=O)N(Cc2ccc3[nH]nc(N)c3c2)[C@H](Cc2ccccc2)[C@H](O)[C@@H](O)C1c1ccccc1. The number of nitrogen functional groups attached to an aromatic ring is 1. The molecule has 0 spiro atoms. The van der Waals surface area contributed by atoms with Crippen LogP contribution in [0.15, 0.2) is 78.9 Å². The van der Waals surface area contributed by atoms with Crippen LogP contribution in [-0.4, -0.2) is 81.0 Å². The average molecular weight is 574 g/mol. The Hall–Kier alpha value is -3.96. The van der Waals surface area contributed by atoms with E-state index in [0.29, 0.717) is 38.4 Å². The number of ether oxygens (including phenoxy) is 2. The highest BCUT2D eigenvalue weighted by atomic mass is 16.7. The number of carbonyl (C=O) groups is 1. The Kier molecular flexibility index (Phi) is 9.70. The minimum absolute atomic E-state index is 0.179. The fraction of sp³-hybridized carbons (Fsp3) is 0.375. The van der Waals surface area contributed by atoms with E-state index in [0.717, 1.165) is 27.6 Å². The molecule has 1 unspecified atom stereocenters. The summed E-state index contributed by atoms with van der Waals surface area (Å²) in [5.74, 6) is 0.378. The van der Waals surface area contributed by atoms with E-state index in [1.807, 2.05) is 85.8 Å². The number of carbonyl (C=O) groups excluding carboxylic acids is 1. The number of aromatic amines is 1. The van der Waals surface area contributed by atoms with Crippen LogP contribution in [0.1, 0.15) is 36.1 Å². The zero-order valence-electron chi connectivity index (χ0n) is 23.8. The molecule has 1 aliphatic heterocycles. The molecule has 4 aromatic rings. The Labute approximate surface area is 245 Å². The maximum absolute atomic E-state index is 14.6. The van der Waals surface area contributed by atoms with E-state index >= 15 is 0 Å². The molecule has 42 heavy (non-hydrogen) atoms. The molecule has 10 nitrogen and oxygen atoms in total. The summed E-state index contributed by atoms with van der Waals surface area (Å²) in [5, 5.41) is 31.3. The van der Waals surface area contributed by atoms with Crippen molar-refractivity contribution in [2.24, 2.45) is 0 Å². The van der Waals surface area contributed by atoms with Gasteiger partial charge in [0.2, 0.25) is 0 Å². The third-order valence-corrected chi connectivity index (χ3v) is 7.79. The van der Waals surface area contributed by atoms with Crippen molar-refractivity contribution < 1.29 is 24.5 Å². The summed E-state index contributed by atoms with van der Waals surface area (Å²) >= 11 is 0. The molecule has 0 aliphatic carbocycles. The van der Waals surface area contributed by atoms with Gasteiger partial charge in [0.25, 0.3) is 0 Å². The molecule has 1 aliphatic rings. The average Bonchev–Trinajstić information content (AvgIpc) is 3.37. The Bertz CT molecular complexity index is 1430. The molecule has 4 atom stereocenters. The second kappa shape index (κ2) is 13.8. The van der Waals surface area contributed by atoms with Gasteiger partial charge in [0, 0.05) is 25.1 Å². The molecule has 5 N–H and O–H groups in total. The van der Waals surface area contributed by atoms with E-state index in [4.69, 9.17) is 15.2 Å². The van der Waals surface area contributed by atoms with Crippen LogP contribution >= 0.6 is 0 Å². The van der Waals surface area contributed by atoms with Gasteiger partial charge in [-0.2, -0.15) is 5.10 Å². The Balaban J connectivity index is 1.52. The van der Waals surface area contributed by atoms with Gasteiger partial charge < -0.3 is 35.2 Å². The molecule has 0 bridgehead atoms. The van der Waals surface area contributed by atoms with Crippen molar-refractivity contribution in [3.8, 4) is 0 Å². The van der Waals surface area contributed by atoms with Gasteiger partial charge in [-0.1, -0.05) is 66.7 Å². The lowest BCUT2D eigenvalue weighted by Crippen LogP contribution is -2.50. The number of fused-ring (bicyclic) bond motifs is 1. The maximum Gasteiger partial charge on any atom is 0.321 e. The van der Waals surface area contributed by atoms with Crippen molar-refractivity contribution in [1.82, 2.24) is 20.0 Å². The lowest BCUT2D eigenvalue weighted by molar-refractivity contribution is -0.0545. The molecular weight excluding hydrogens is 534 g/mol. The summed E-state index contributed by atoms with van der Waals surface area (Å²) in [6.45, 7) is 3.54. The molecule has 5 rings (SSSR count). The van der Waals surface area contributed by atoms with Crippen molar-refractivity contribution >= 4 is 22.8 Å². The molecule has 1 saturated heterocycles. The Morgan fingerprint density at radius 1 is 0.929 bits per heavy atom. The second-order valence-electron chi connectivity index (χ2n) is 10.6. The van der Waals surface area contributed by atoms with Gasteiger partial charge in [-0.15, -0.1) is 0 Å². The smallest absolute Gasteiger partial charge is 0.321 e. The zero-order valence-corrected chi connectivity index (χ0v) is 23.8. The van der Waals surface area contributed by atoms with Gasteiger partial charge in [-0.25, -0.2) is 4.79 Å². The predicted molar refractivity (Wildman–Crippen MR) is 160 cm³/mol. The van der Waals surface area contributed by atoms with Crippen molar-refractivity contribution in [3.05, 3.63) is 95.6 Å². The first-order valence-corrected chi connectivity index (χ1v) is 14.4. The number of rotatable bonds is 12. The van der Waals surface area contributed by atoms with E-state index in [2.05, 4.69) is 10.2 Å². The van der Waals surface area contributed by atoms with Crippen LogP contribution in [0.5, 0.6) is 0 Å². The van der Waals surface area contributed by atoms with Gasteiger partial charge in [0.1, 0.15) is 19.0 Å². The number of aliphatic hydroxyl groups is 2. The van der Waals surface area contributed by atoms with Crippen LogP contribution in [0.2, 0.25) is 0 Å². The van der Waals surface area contributed by atoms with Crippen LogP contribution < -0.4 is 5.73 Å². The number of aliphatic hydroxyl groups excluding tert-OH is 2. The molecule has 222 valence electrons. The molecule has 2 heterocycles. The molecule has 0 saturated carbocycles. The third kappa shape index (κ3) is 6.57. The first kappa shape index (κ1) is 29.5. The first-order chi connectivity index (χ1) is 20.5. The molecule has 1 fully saturated rings. The van der Waals surface area contributed by atoms with E-state index in [9.17, 15) is 15.0 Å². The van der Waals surface area contributed by atoms with Crippen LogP contribution in [0, 0.1) is 0 Å². The van der Waals surface area contributed by atoms with Crippen LogP contribution in [0.4, 0.5) is 10.6 Å². The number of hydrogen-bond donors (Lipinski definition) is 4. The predicted octanol–water partition coefficient (Wildman–Crippen LogP) is 3.86. The standard InChI is InChI=1S/C32H39N5O5/c1-2-41-21-42-17-9-16-36-28(24-12-7-4-8-13-24)30(39)29(38)27(19-22-10-5-3-6-11-22)37(32(36)40)20-23-14-15-26-25(18-23)31(33)35-34-26/h3-8,10-15,18,27-30,38-39H,2,9,16-17,19-21H2,1H3,(H3,33,34,35)/t27-,28?,29+,30+/m1/s1. The lowest BCUT2D eigenvalue weighted by Gasteiger charge is -2.36. The number of anilines is 1. The molecular formula is C32H39N5O5. The number of amides is 2. The largest absolute Gasteiger partial charge is 0.388 e. The van der Waals surface area contributed by atoms with E-state index in [1.54, 1.807) is 9.80 Å². The number of nitrogens with zero attached hydrogens (tertiary/aromatic N) is 3. The lowest BCUT2D eigenvalue weighted by atomic mass is 9.90. The molecule has 0 radical (unpaired) electrons. The van der Waals surface area contributed by atoms with Crippen LogP contribution in [-0.2, 0) is 22.4 Å². The number of aromatic nitrogens is 2. The summed E-state index contributed by atoms with van der Waals surface area (Å²) in [7, 11) is 0. The van der Waals surface area contributed by atoms with Gasteiger partial charge >= 0.3 is 6.03 Å². The van der Waals surface area contributed by atoms with Gasteiger partial charge in [0.05, 0.1) is 24.2 Å². The molecule has 1 aromatic heterocycles. The summed E-state index contributed by atoms with van der Waals surface area (Å²) in [5.41, 5.74) is 9.42. The van der Waals surface area contributed by atoms with Crippen LogP contribution in [0.25, 0.3) is 10.9 Å². The first-order valence-electron chi connectivity index (χ1n) is 14.4. The zero-order chi connectivity index (χ0) is 29.5. The van der Waals surface area contributed by atoms with E-state index < -0.39 is 24.3 Å². The van der Waals surface area contributed by atoms with Crippen molar-refractivity contribution in [2.75, 3.05) is 32.3 Å². The minimum Gasteiger partial charge on any atom is -0.388 e. The van der Waals surface area contributed by atoms with Crippen molar-refractivity contribution in [3.63, 3.8) is 0 Å². The topological polar surface area (TPSA) is 137 Å². The second-order valence-corrected chi connectivity index (χ2v) is 10.6. The number of H-pyrrole nitrogens is 1. The molecule has 2 amide bonds. The molecule has 3 aromatic carbocycles. The highest BCUT2D eigenvalue weighted by molar-refractivity contribution is 5.89. The van der Waals surface area contributed by atoms with Crippen molar-refractivity contribution in [1.29, 1.82) is 0 Å². The summed E-state index contributed by atoms with van der Waals surface area (Å²) in [4.78, 5) is 17.9. The summed E-state index contributed by atoms with van der Waals surface area (Å²) < 4.78 is 10.9. The van der Waals surface area contributed by atoms with E-state index in [1.165, 1.54) is 0 Å². The fourth-order valence-electron chi connectivity index (χ4n) is 5.66.